The zero-order chi connectivity index (χ0) is 37.4. The monoisotopic (exact) mass is 723 g/mol. The van der Waals surface area contributed by atoms with Crippen molar-refractivity contribution in [2.24, 2.45) is 0 Å². The lowest BCUT2D eigenvalue weighted by Crippen LogP contribution is -2.02. The third kappa shape index (κ3) is 20.7. The average Bonchev–Trinajstić information content (AvgIpc) is 3.57. The van der Waals surface area contributed by atoms with Crippen LogP contribution in [0.15, 0.2) is 60.7 Å². The Labute approximate surface area is 329 Å². The highest BCUT2D eigenvalue weighted by Crippen LogP contribution is 2.31. The highest BCUT2D eigenvalue weighted by molar-refractivity contribution is 5.75. The van der Waals surface area contributed by atoms with E-state index < -0.39 is 0 Å². The molecule has 0 aromatic heterocycles. The van der Waals surface area contributed by atoms with Crippen molar-refractivity contribution in [1.29, 1.82) is 0 Å². The lowest BCUT2D eigenvalue weighted by Gasteiger charge is -2.10. The minimum Gasteiger partial charge on any atom is -0.493 e. The molecular weight excluding hydrogens is 641 g/mol. The summed E-state index contributed by atoms with van der Waals surface area (Å²) >= 11 is 0. The molecule has 2 aromatic carbocycles. The van der Waals surface area contributed by atoms with Crippen LogP contribution >= 0.6 is 0 Å². The number of hydrogen-bond donors (Lipinski definition) is 0. The molecule has 1 aliphatic heterocycles. The van der Waals surface area contributed by atoms with Crippen LogP contribution in [0.5, 0.6) is 0 Å². The number of aryl methyl sites for hydroxylation is 2. The number of nitrogens with zero attached hydrogens (tertiary/aromatic N) is 2. The standard InChI is InChI=1S/C51H82N2/c1-3-5-7-9-10-11-12-13-14-15-16-17-18-19-20-21-22-23-24-25-26-27-28-29-30-31-33-36-47-37-34-38-49(45-47)51-44-43-50(53(51)52)48-41-39-46(40-42-48)35-32-8-6-4-2/h34,37-45H,3-33,35-36H2,1-2H3. The van der Waals surface area contributed by atoms with Gasteiger partial charge in [-0.3, -0.25) is 0 Å². The Morgan fingerprint density at radius 3 is 1.11 bits per heavy atom. The second-order valence-corrected chi connectivity index (χ2v) is 16.6. The fraction of sp³-hybridized carbons (Fsp3) is 0.686. The van der Waals surface area contributed by atoms with Crippen molar-refractivity contribution >= 4 is 11.4 Å². The highest BCUT2D eigenvalue weighted by atomic mass is 15.2. The van der Waals surface area contributed by atoms with Gasteiger partial charge in [-0.15, -0.1) is 0 Å². The molecule has 53 heavy (non-hydrogen) atoms. The van der Waals surface area contributed by atoms with Crippen LogP contribution < -0.4 is 0 Å². The summed E-state index contributed by atoms with van der Waals surface area (Å²) in [6, 6.07) is 17.5. The van der Waals surface area contributed by atoms with E-state index >= 15 is 0 Å². The number of allylic oxidation sites excluding steroid dienone is 2. The Hall–Kier alpha value is -2.48. The molecule has 3 rings (SSSR count). The van der Waals surface area contributed by atoms with Crippen LogP contribution in [0.1, 0.15) is 235 Å². The SMILES string of the molecule is CCCCCCCCCCCCCCCCCCCCCCCCCCCCCc1cccc(C2=CC=C(c3ccc(CCCCCC)cc3)[N+]2=[N-])c1. The van der Waals surface area contributed by atoms with Gasteiger partial charge in [-0.2, -0.15) is 0 Å². The molecule has 0 radical (unpaired) electrons. The predicted molar refractivity (Wildman–Crippen MR) is 234 cm³/mol. The fourth-order valence-corrected chi connectivity index (χ4v) is 8.17. The predicted octanol–water partition coefficient (Wildman–Crippen LogP) is 17.3. The van der Waals surface area contributed by atoms with Crippen LogP contribution in [-0.4, -0.2) is 4.70 Å². The van der Waals surface area contributed by atoms with Gasteiger partial charge in [0.25, 0.3) is 0 Å². The van der Waals surface area contributed by atoms with Gasteiger partial charge in [-0.25, -0.2) is 4.70 Å². The van der Waals surface area contributed by atoms with Gasteiger partial charge in [-0.05, 0) is 61.1 Å². The van der Waals surface area contributed by atoms with E-state index in [0.717, 1.165) is 35.4 Å². The summed E-state index contributed by atoms with van der Waals surface area (Å²) in [6.45, 7) is 4.56. The van der Waals surface area contributed by atoms with E-state index in [4.69, 9.17) is 0 Å². The van der Waals surface area contributed by atoms with Crippen LogP contribution in [-0.2, 0) is 12.8 Å². The molecule has 1 aliphatic rings. The van der Waals surface area contributed by atoms with E-state index in [1.54, 1.807) is 0 Å². The van der Waals surface area contributed by atoms with Gasteiger partial charge in [-0.1, -0.05) is 224 Å². The van der Waals surface area contributed by atoms with Crippen LogP contribution in [0.25, 0.3) is 16.9 Å². The summed E-state index contributed by atoms with van der Waals surface area (Å²) in [5.41, 5.74) is 17.7. The first-order valence-corrected chi connectivity index (χ1v) is 23.3. The summed E-state index contributed by atoms with van der Waals surface area (Å²) in [6.07, 6.45) is 50.3. The molecule has 0 aliphatic carbocycles. The first-order chi connectivity index (χ1) is 26.2. The Kier molecular flexibility index (Phi) is 26.1. The van der Waals surface area contributed by atoms with Crippen LogP contribution in [0.3, 0.4) is 0 Å². The third-order valence-corrected chi connectivity index (χ3v) is 11.7. The smallest absolute Gasteiger partial charge is 0.207 e. The Balaban J connectivity index is 1.09. The van der Waals surface area contributed by atoms with E-state index in [0.29, 0.717) is 0 Å². The van der Waals surface area contributed by atoms with Crippen LogP contribution in [0, 0.1) is 0 Å². The van der Waals surface area contributed by atoms with Gasteiger partial charge in [0.2, 0.25) is 11.4 Å². The maximum absolute atomic E-state index is 11.1. The molecule has 2 nitrogen and oxygen atoms in total. The molecule has 0 N–H and O–H groups in total. The Bertz CT molecular complexity index is 1250. The zero-order valence-electron chi connectivity index (χ0n) is 35.0. The molecule has 0 fully saturated rings. The lowest BCUT2D eigenvalue weighted by molar-refractivity contribution is -0.344. The Morgan fingerprint density at radius 1 is 0.358 bits per heavy atom. The van der Waals surface area contributed by atoms with Gasteiger partial charge in [0.1, 0.15) is 0 Å². The van der Waals surface area contributed by atoms with E-state index in [1.165, 1.54) is 215 Å². The maximum Gasteiger partial charge on any atom is 0.207 e. The fourth-order valence-electron chi connectivity index (χ4n) is 8.17. The minimum atomic E-state index is 0.855. The molecule has 0 unspecified atom stereocenters. The van der Waals surface area contributed by atoms with Gasteiger partial charge in [0, 0.05) is 23.3 Å². The molecule has 0 spiro atoms. The quantitative estimate of drug-likeness (QED) is 0.0500. The average molecular weight is 723 g/mol. The number of hydrogen-bond acceptors (Lipinski definition) is 0. The lowest BCUT2D eigenvalue weighted by atomic mass is 10.0. The zero-order valence-corrected chi connectivity index (χ0v) is 35.0. The Morgan fingerprint density at radius 2 is 0.698 bits per heavy atom. The molecular formula is C51H82N2. The summed E-state index contributed by atoms with van der Waals surface area (Å²) in [5, 5.41) is 0. The van der Waals surface area contributed by atoms with Gasteiger partial charge in [0.05, 0.1) is 0 Å². The number of unbranched alkanes of at least 4 members (excludes halogenated alkanes) is 29. The van der Waals surface area contributed by atoms with Crippen molar-refractivity contribution in [3.63, 3.8) is 0 Å². The summed E-state index contributed by atoms with van der Waals surface area (Å²) < 4.78 is 1.37. The van der Waals surface area contributed by atoms with Gasteiger partial charge >= 0.3 is 0 Å². The minimum absolute atomic E-state index is 0.855. The molecule has 0 amide bonds. The van der Waals surface area contributed by atoms with Gasteiger partial charge in [0.15, 0.2) is 0 Å². The molecule has 0 atom stereocenters. The van der Waals surface area contributed by atoms with Crippen LogP contribution in [0.4, 0.5) is 0 Å². The summed E-state index contributed by atoms with van der Waals surface area (Å²) in [5.74, 6) is 0. The molecule has 1 heterocycles. The van der Waals surface area contributed by atoms with Crippen molar-refractivity contribution in [1.82, 2.24) is 0 Å². The topological polar surface area (TPSA) is 25.3 Å². The maximum atomic E-state index is 11.1. The number of rotatable bonds is 35. The van der Waals surface area contributed by atoms with E-state index in [9.17, 15) is 5.53 Å². The molecule has 0 saturated heterocycles. The van der Waals surface area contributed by atoms with Crippen molar-refractivity contribution in [3.8, 4) is 0 Å². The number of benzene rings is 2. The molecule has 2 aromatic rings. The molecule has 296 valence electrons. The largest absolute Gasteiger partial charge is 0.493 e. The summed E-state index contributed by atoms with van der Waals surface area (Å²) in [7, 11) is 0. The van der Waals surface area contributed by atoms with Crippen molar-refractivity contribution < 1.29 is 4.70 Å². The van der Waals surface area contributed by atoms with Gasteiger partial charge < -0.3 is 5.53 Å². The van der Waals surface area contributed by atoms with Crippen LogP contribution in [0.2, 0.25) is 0 Å². The first-order valence-electron chi connectivity index (χ1n) is 23.3. The van der Waals surface area contributed by atoms with E-state index in [2.05, 4.69) is 68.5 Å². The highest BCUT2D eigenvalue weighted by Gasteiger charge is 2.22. The molecule has 0 saturated carbocycles. The van der Waals surface area contributed by atoms with Crippen molar-refractivity contribution in [2.75, 3.05) is 0 Å². The van der Waals surface area contributed by atoms with Crippen molar-refractivity contribution in [3.05, 3.63) is 88.5 Å². The van der Waals surface area contributed by atoms with E-state index in [-0.39, 0.29) is 0 Å². The molecule has 2 heteroatoms. The third-order valence-electron chi connectivity index (χ3n) is 11.7. The van der Waals surface area contributed by atoms with E-state index in [1.807, 2.05) is 6.08 Å². The molecule has 0 bridgehead atoms. The first kappa shape index (κ1) is 44.9. The second kappa shape index (κ2) is 30.8. The normalized spacial score (nSPS) is 12.8. The summed E-state index contributed by atoms with van der Waals surface area (Å²) in [4.78, 5) is 0. The van der Waals surface area contributed by atoms with Crippen molar-refractivity contribution in [2.45, 2.75) is 226 Å². The second-order valence-electron chi connectivity index (χ2n) is 16.6.